The van der Waals surface area contributed by atoms with Gasteiger partial charge in [-0.05, 0) is 54.3 Å². The van der Waals surface area contributed by atoms with Crippen molar-refractivity contribution in [1.29, 1.82) is 0 Å². The molecule has 56 heavy (non-hydrogen) atoms. The van der Waals surface area contributed by atoms with Crippen molar-refractivity contribution < 1.29 is 18.8 Å². The van der Waals surface area contributed by atoms with E-state index in [2.05, 4.69) is 65.2 Å². The summed E-state index contributed by atoms with van der Waals surface area (Å²) in [7, 11) is 1.81. The van der Waals surface area contributed by atoms with Crippen molar-refractivity contribution >= 4 is 63.5 Å². The normalized spacial score (nSPS) is 20.9. The van der Waals surface area contributed by atoms with Gasteiger partial charge in [-0.1, -0.05) is 29.8 Å². The fourth-order valence-corrected chi connectivity index (χ4v) is 8.06. The van der Waals surface area contributed by atoms with Gasteiger partial charge in [0.2, 0.25) is 11.8 Å². The molecule has 16 heteroatoms. The molecule has 0 bridgehead atoms. The summed E-state index contributed by atoms with van der Waals surface area (Å²) in [6.45, 7) is 4.97. The molecule has 3 aliphatic heterocycles. The van der Waals surface area contributed by atoms with Gasteiger partial charge in [-0.15, -0.1) is 5.10 Å². The van der Waals surface area contributed by atoms with Crippen molar-refractivity contribution in [3.8, 4) is 11.3 Å². The molecule has 288 valence electrons. The predicted molar refractivity (Wildman–Crippen MR) is 212 cm³/mol. The Labute approximate surface area is 327 Å². The Kier molecular flexibility index (Phi) is 9.41. The third-order valence-electron chi connectivity index (χ3n) is 11.1. The van der Waals surface area contributed by atoms with E-state index in [1.54, 1.807) is 7.05 Å². The van der Waals surface area contributed by atoms with Gasteiger partial charge < -0.3 is 25.8 Å². The second kappa shape index (κ2) is 14.7. The number of aromatic nitrogens is 4. The van der Waals surface area contributed by atoms with Gasteiger partial charge in [-0.2, -0.15) is 0 Å². The zero-order valence-corrected chi connectivity index (χ0v) is 31.5. The van der Waals surface area contributed by atoms with Crippen molar-refractivity contribution in [2.75, 3.05) is 60.2 Å². The van der Waals surface area contributed by atoms with Crippen LogP contribution in [0.2, 0.25) is 5.02 Å². The molecule has 0 radical (unpaired) electrons. The van der Waals surface area contributed by atoms with Crippen LogP contribution in [-0.2, 0) is 22.6 Å². The Morgan fingerprint density at radius 1 is 0.982 bits per heavy atom. The van der Waals surface area contributed by atoms with Gasteiger partial charge in [0.1, 0.15) is 12.2 Å². The number of piperazine rings is 1. The first kappa shape index (κ1) is 35.9. The van der Waals surface area contributed by atoms with Gasteiger partial charge in [0.05, 0.1) is 34.3 Å². The van der Waals surface area contributed by atoms with E-state index >= 15 is 0 Å². The minimum Gasteiger partial charge on any atom is -0.385 e. The first-order valence-electron chi connectivity index (χ1n) is 19.0. The number of pyridine rings is 1. The van der Waals surface area contributed by atoms with E-state index in [1.165, 1.54) is 16.3 Å². The number of hydrogen-bond acceptors (Lipinski definition) is 11. The minimum atomic E-state index is -1.00. The number of imidazole rings is 1. The van der Waals surface area contributed by atoms with Crippen LogP contribution in [0.1, 0.15) is 40.9 Å². The van der Waals surface area contributed by atoms with Crippen LogP contribution >= 0.6 is 11.6 Å². The summed E-state index contributed by atoms with van der Waals surface area (Å²) in [5, 5.41) is 16.9. The van der Waals surface area contributed by atoms with Gasteiger partial charge >= 0.3 is 0 Å². The van der Waals surface area contributed by atoms with E-state index in [0.29, 0.717) is 48.0 Å². The summed E-state index contributed by atoms with van der Waals surface area (Å²) in [5.74, 6) is -0.299. The molecule has 14 nitrogen and oxygen atoms in total. The molecule has 3 amide bonds. The number of nitrogens with one attached hydrogen (secondary N) is 4. The van der Waals surface area contributed by atoms with Crippen molar-refractivity contribution in [1.82, 2.24) is 35.1 Å². The Bertz CT molecular complexity index is 2350. The highest BCUT2D eigenvalue weighted by Crippen LogP contribution is 2.40. The molecular formula is C40H41ClFN11O3. The average molecular weight is 778 g/mol. The third kappa shape index (κ3) is 6.96. The number of hydrogen-bond donors (Lipinski definition) is 4. The second-order valence-corrected chi connectivity index (χ2v) is 15.1. The Morgan fingerprint density at radius 3 is 2.55 bits per heavy atom. The molecule has 3 fully saturated rings. The molecule has 0 spiro atoms. The zero-order valence-electron chi connectivity index (χ0n) is 30.8. The minimum absolute atomic E-state index is 0.247. The molecule has 5 aromatic rings. The highest BCUT2D eigenvalue weighted by atomic mass is 35.5. The first-order valence-corrected chi connectivity index (χ1v) is 19.3. The van der Waals surface area contributed by atoms with Gasteiger partial charge in [-0.3, -0.25) is 29.6 Å². The van der Waals surface area contributed by atoms with Gasteiger partial charge in [0, 0.05) is 88.4 Å². The first-order chi connectivity index (χ1) is 27.2. The predicted octanol–water partition coefficient (Wildman–Crippen LogP) is 4.56. The van der Waals surface area contributed by atoms with Crippen molar-refractivity contribution in [2.45, 2.75) is 50.5 Å². The zero-order chi connectivity index (χ0) is 38.5. The van der Waals surface area contributed by atoms with Crippen LogP contribution in [0.4, 0.5) is 33.0 Å². The summed E-state index contributed by atoms with van der Waals surface area (Å²) in [6, 6.07) is 17.3. The average Bonchev–Trinajstić information content (AvgIpc) is 3.52. The maximum atomic E-state index is 13.5. The molecule has 4 aliphatic rings. The van der Waals surface area contributed by atoms with Crippen LogP contribution in [0.25, 0.3) is 16.9 Å². The number of fused-ring (bicyclic) bond motifs is 2. The van der Waals surface area contributed by atoms with E-state index < -0.39 is 24.2 Å². The number of rotatable bonds is 10. The summed E-state index contributed by atoms with van der Waals surface area (Å²) >= 11 is 6.63. The molecule has 1 saturated carbocycles. The van der Waals surface area contributed by atoms with Crippen LogP contribution < -0.4 is 31.1 Å². The molecular weight excluding hydrogens is 737 g/mol. The summed E-state index contributed by atoms with van der Waals surface area (Å²) < 4.78 is 15.1. The molecule has 9 rings (SSSR count). The number of alkyl halides is 1. The Balaban J connectivity index is 0.844. The third-order valence-corrected chi connectivity index (χ3v) is 11.4. The number of imide groups is 1. The van der Waals surface area contributed by atoms with Crippen molar-refractivity contribution in [3.63, 3.8) is 0 Å². The Morgan fingerprint density at radius 2 is 1.82 bits per heavy atom. The smallest absolute Gasteiger partial charge is 0.271 e. The lowest BCUT2D eigenvalue weighted by atomic mass is 10.0. The number of carbonyl (C=O) groups is 3. The summed E-state index contributed by atoms with van der Waals surface area (Å²) in [4.78, 5) is 52.9. The lowest BCUT2D eigenvalue weighted by Gasteiger charge is -2.36. The van der Waals surface area contributed by atoms with Crippen molar-refractivity contribution in [2.24, 2.45) is 0 Å². The van der Waals surface area contributed by atoms with Gasteiger partial charge in [0.25, 0.3) is 5.91 Å². The standard InChI is InChI=1S/C40H41ClFN11O3/c1-43-33-19-36(49-53-35(21-45-38(33)53)40(56)47-32-18-28(32)42)52-12-11-26-25(3-2-4-34(26)52)29-7-5-23(20-44-29)22-50-13-15-51(16-14-50)24-6-8-30(27(41)17-24)46-31-9-10-37(54)48-39(31)55/h2-8,17,19-21,28,31-32,43,46H,9-16,18,22H2,1H3,(H,47,56)(H,48,54,55)/t28-,31?,32+/m0/s1. The molecule has 3 aromatic heterocycles. The van der Waals surface area contributed by atoms with Gasteiger partial charge in [-0.25, -0.2) is 13.9 Å². The van der Waals surface area contributed by atoms with E-state index in [0.717, 1.165) is 73.0 Å². The molecule has 1 aliphatic carbocycles. The highest BCUT2D eigenvalue weighted by molar-refractivity contribution is 6.33. The van der Waals surface area contributed by atoms with Crippen molar-refractivity contribution in [3.05, 3.63) is 88.8 Å². The summed E-state index contributed by atoms with van der Waals surface area (Å²) in [5.41, 5.74) is 8.55. The van der Waals surface area contributed by atoms with E-state index in [1.807, 2.05) is 36.5 Å². The highest BCUT2D eigenvalue weighted by Gasteiger charge is 2.39. The largest absolute Gasteiger partial charge is 0.385 e. The number of piperidine rings is 1. The number of nitrogens with zero attached hydrogens (tertiary/aromatic N) is 7. The van der Waals surface area contributed by atoms with Gasteiger partial charge in [0.15, 0.2) is 17.2 Å². The number of benzene rings is 2. The molecule has 6 heterocycles. The van der Waals surface area contributed by atoms with E-state index in [-0.39, 0.29) is 17.5 Å². The fraction of sp³-hybridized carbons (Fsp3) is 0.350. The number of anilines is 5. The van der Waals surface area contributed by atoms with Crippen LogP contribution in [0, 0.1) is 0 Å². The molecule has 3 atom stereocenters. The quantitative estimate of drug-likeness (QED) is 0.148. The topological polar surface area (TPSA) is 152 Å². The van der Waals surface area contributed by atoms with Crippen LogP contribution in [0.5, 0.6) is 0 Å². The monoisotopic (exact) mass is 777 g/mol. The number of carbonyl (C=O) groups excluding carboxylic acids is 3. The maximum absolute atomic E-state index is 13.5. The second-order valence-electron chi connectivity index (χ2n) is 14.7. The lowest BCUT2D eigenvalue weighted by Crippen LogP contribution is -2.47. The van der Waals surface area contributed by atoms with Crippen LogP contribution in [0.3, 0.4) is 0 Å². The van der Waals surface area contributed by atoms with E-state index in [4.69, 9.17) is 21.7 Å². The molecule has 2 aromatic carbocycles. The lowest BCUT2D eigenvalue weighted by molar-refractivity contribution is -0.133. The summed E-state index contributed by atoms with van der Waals surface area (Å²) in [6.07, 6.45) is 4.31. The van der Waals surface area contributed by atoms with E-state index in [9.17, 15) is 18.8 Å². The fourth-order valence-electron chi connectivity index (χ4n) is 7.83. The number of amides is 3. The van der Waals surface area contributed by atoms with Crippen LogP contribution in [-0.4, -0.2) is 100 Å². The Hall–Kier alpha value is -5.80. The molecule has 2 saturated heterocycles. The molecule has 1 unspecified atom stereocenters. The number of halogens is 2. The maximum Gasteiger partial charge on any atom is 0.271 e. The molecule has 4 N–H and O–H groups in total. The SMILES string of the molecule is CNc1cc(N2CCc3c(-c4ccc(CN5CCN(c6ccc(NC7CCC(=O)NC7=O)c(Cl)c6)CC5)cn4)cccc32)nn2c(C(=O)N[C@@H]3C[C@@H]3F)cnc12. The van der Waals surface area contributed by atoms with Crippen LogP contribution in [0.15, 0.2) is 67.0 Å².